The molecule has 0 aromatic carbocycles. The molecular formula is C8H13NO. The maximum absolute atomic E-state index is 10.3. The summed E-state index contributed by atoms with van der Waals surface area (Å²) in [6.07, 6.45) is 6.36. The van der Waals surface area contributed by atoms with Gasteiger partial charge < -0.3 is 4.79 Å². The summed E-state index contributed by atoms with van der Waals surface area (Å²) >= 11 is 0. The van der Waals surface area contributed by atoms with Gasteiger partial charge in [-0.1, -0.05) is 12.2 Å². The van der Waals surface area contributed by atoms with Crippen LogP contribution in [0.3, 0.4) is 0 Å². The average molecular weight is 139 g/mol. The largest absolute Gasteiger partial charge is 0.302 e. The van der Waals surface area contributed by atoms with Gasteiger partial charge in [-0.15, -0.1) is 0 Å². The first-order chi connectivity index (χ1) is 4.84. The molecule has 1 heterocycles. The summed E-state index contributed by atoms with van der Waals surface area (Å²) in [7, 11) is 0. The lowest BCUT2D eigenvalue weighted by Gasteiger charge is -2.25. The van der Waals surface area contributed by atoms with Crippen molar-refractivity contribution in [3.63, 3.8) is 0 Å². The van der Waals surface area contributed by atoms with Crippen LogP contribution in [-0.4, -0.2) is 30.3 Å². The quantitative estimate of drug-likeness (QED) is 0.417. The summed E-state index contributed by atoms with van der Waals surface area (Å²) in [5.74, 6) is 0. The summed E-state index contributed by atoms with van der Waals surface area (Å²) in [5.41, 5.74) is 0. The molecule has 1 aliphatic heterocycles. The molecule has 0 amide bonds. The Labute approximate surface area is 61.5 Å². The molecule has 2 nitrogen and oxygen atoms in total. The molecule has 0 aromatic heterocycles. The zero-order valence-corrected chi connectivity index (χ0v) is 6.29. The highest BCUT2D eigenvalue weighted by Gasteiger charge is 2.11. The van der Waals surface area contributed by atoms with Crippen molar-refractivity contribution in [1.82, 2.24) is 4.90 Å². The predicted octanol–water partition coefficient (Wildman–Crippen LogP) is 0.836. The van der Waals surface area contributed by atoms with Gasteiger partial charge in [-0.25, -0.2) is 0 Å². The van der Waals surface area contributed by atoms with Crippen LogP contribution in [0.25, 0.3) is 0 Å². The van der Waals surface area contributed by atoms with Crippen molar-refractivity contribution >= 4 is 6.29 Å². The Balaban J connectivity index is 2.40. The highest BCUT2D eigenvalue weighted by Crippen LogP contribution is 2.03. The molecule has 56 valence electrons. The van der Waals surface area contributed by atoms with Crippen LogP contribution >= 0.6 is 0 Å². The van der Waals surface area contributed by atoms with Crippen molar-refractivity contribution in [2.24, 2.45) is 0 Å². The van der Waals surface area contributed by atoms with Crippen LogP contribution in [0.4, 0.5) is 0 Å². The van der Waals surface area contributed by atoms with Crippen LogP contribution in [0.2, 0.25) is 0 Å². The molecule has 0 N–H and O–H groups in total. The fraction of sp³-hybridized carbons (Fsp3) is 0.625. The van der Waals surface area contributed by atoms with Gasteiger partial charge in [0.05, 0.1) is 6.04 Å². The Morgan fingerprint density at radius 1 is 1.60 bits per heavy atom. The van der Waals surface area contributed by atoms with Crippen molar-refractivity contribution < 1.29 is 4.79 Å². The highest BCUT2D eigenvalue weighted by molar-refractivity contribution is 5.56. The van der Waals surface area contributed by atoms with Gasteiger partial charge in [0.1, 0.15) is 6.29 Å². The van der Waals surface area contributed by atoms with Crippen molar-refractivity contribution in [2.45, 2.75) is 19.4 Å². The summed E-state index contributed by atoms with van der Waals surface area (Å²) in [4.78, 5) is 12.5. The molecule has 0 saturated carbocycles. The Morgan fingerprint density at radius 2 is 2.40 bits per heavy atom. The average Bonchev–Trinajstić information content (AvgIpc) is 2.05. The summed E-state index contributed by atoms with van der Waals surface area (Å²) in [6, 6.07) is 0.0879. The molecule has 1 aliphatic rings. The summed E-state index contributed by atoms with van der Waals surface area (Å²) in [6.45, 7) is 3.89. The van der Waals surface area contributed by atoms with Crippen molar-refractivity contribution in [1.29, 1.82) is 0 Å². The Hall–Kier alpha value is -0.630. The van der Waals surface area contributed by atoms with Gasteiger partial charge in [0.2, 0.25) is 0 Å². The van der Waals surface area contributed by atoms with E-state index in [0.717, 1.165) is 25.8 Å². The highest BCUT2D eigenvalue weighted by atomic mass is 16.1. The van der Waals surface area contributed by atoms with Crippen LogP contribution < -0.4 is 0 Å². The second-order valence-electron chi connectivity index (χ2n) is 2.63. The third-order valence-corrected chi connectivity index (χ3v) is 1.86. The minimum absolute atomic E-state index is 0.0879. The number of hydrogen-bond acceptors (Lipinski definition) is 2. The van der Waals surface area contributed by atoms with E-state index in [-0.39, 0.29) is 6.04 Å². The fourth-order valence-electron chi connectivity index (χ4n) is 1.12. The van der Waals surface area contributed by atoms with E-state index in [1.54, 1.807) is 0 Å². The number of hydrogen-bond donors (Lipinski definition) is 0. The monoisotopic (exact) mass is 139 g/mol. The van der Waals surface area contributed by atoms with Crippen LogP contribution in [0.5, 0.6) is 0 Å². The van der Waals surface area contributed by atoms with Crippen LogP contribution in [0.1, 0.15) is 13.3 Å². The van der Waals surface area contributed by atoms with E-state index in [2.05, 4.69) is 17.1 Å². The lowest BCUT2D eigenvalue weighted by Crippen LogP contribution is -2.36. The van der Waals surface area contributed by atoms with Crippen molar-refractivity contribution in [2.75, 3.05) is 13.1 Å². The van der Waals surface area contributed by atoms with E-state index >= 15 is 0 Å². The molecular weight excluding hydrogens is 126 g/mol. The van der Waals surface area contributed by atoms with E-state index in [1.807, 2.05) is 6.92 Å². The minimum Gasteiger partial charge on any atom is -0.302 e. The zero-order valence-electron chi connectivity index (χ0n) is 6.29. The second kappa shape index (κ2) is 3.52. The maximum atomic E-state index is 10.3. The number of nitrogens with zero attached hydrogens (tertiary/aromatic N) is 1. The second-order valence-corrected chi connectivity index (χ2v) is 2.63. The third kappa shape index (κ3) is 1.67. The molecule has 1 rings (SSSR count). The van der Waals surface area contributed by atoms with Gasteiger partial charge in [0.25, 0.3) is 0 Å². The van der Waals surface area contributed by atoms with Gasteiger partial charge in [-0.2, -0.15) is 0 Å². The molecule has 0 fully saturated rings. The van der Waals surface area contributed by atoms with Gasteiger partial charge in [0, 0.05) is 13.1 Å². The van der Waals surface area contributed by atoms with Gasteiger partial charge >= 0.3 is 0 Å². The van der Waals surface area contributed by atoms with Gasteiger partial charge in [0.15, 0.2) is 0 Å². The van der Waals surface area contributed by atoms with Gasteiger partial charge in [-0.3, -0.25) is 4.90 Å². The predicted molar refractivity (Wildman–Crippen MR) is 40.9 cm³/mol. The number of aldehydes is 1. The smallest absolute Gasteiger partial charge is 0.136 e. The summed E-state index contributed by atoms with van der Waals surface area (Å²) < 4.78 is 0. The normalized spacial score (nSPS) is 22.5. The number of rotatable bonds is 2. The number of carbonyl (C=O) groups excluding carboxylic acids is 1. The van der Waals surface area contributed by atoms with Crippen LogP contribution in [-0.2, 0) is 4.79 Å². The van der Waals surface area contributed by atoms with Gasteiger partial charge in [-0.05, 0) is 13.3 Å². The van der Waals surface area contributed by atoms with Crippen molar-refractivity contribution in [3.8, 4) is 0 Å². The number of carbonyl (C=O) groups is 1. The lowest BCUT2D eigenvalue weighted by atomic mass is 10.2. The van der Waals surface area contributed by atoms with E-state index in [0.29, 0.717) is 0 Å². The molecule has 1 atom stereocenters. The maximum Gasteiger partial charge on any atom is 0.136 e. The third-order valence-electron chi connectivity index (χ3n) is 1.86. The van der Waals surface area contributed by atoms with E-state index < -0.39 is 0 Å². The molecule has 10 heavy (non-hydrogen) atoms. The molecule has 1 unspecified atom stereocenters. The first kappa shape index (κ1) is 7.48. The first-order valence-electron chi connectivity index (χ1n) is 3.69. The molecule has 0 aromatic rings. The first-order valence-corrected chi connectivity index (χ1v) is 3.69. The zero-order chi connectivity index (χ0) is 7.40. The SMILES string of the molecule is CC(C=O)N1CC=CCC1. The van der Waals surface area contributed by atoms with Crippen LogP contribution in [0, 0.1) is 0 Å². The van der Waals surface area contributed by atoms with E-state index in [9.17, 15) is 4.79 Å². The molecule has 0 aliphatic carbocycles. The topological polar surface area (TPSA) is 20.3 Å². The Kier molecular flexibility index (Phi) is 2.63. The van der Waals surface area contributed by atoms with Crippen molar-refractivity contribution in [3.05, 3.63) is 12.2 Å². The molecule has 0 saturated heterocycles. The molecule has 0 spiro atoms. The van der Waals surface area contributed by atoms with Crippen LogP contribution in [0.15, 0.2) is 12.2 Å². The van der Waals surface area contributed by atoms with E-state index in [4.69, 9.17) is 0 Å². The van der Waals surface area contributed by atoms with E-state index in [1.165, 1.54) is 0 Å². The standard InChI is InChI=1S/C8H13NO/c1-8(7-10)9-5-3-2-4-6-9/h2-3,7-8H,4-6H2,1H3. The molecule has 2 heteroatoms. The minimum atomic E-state index is 0.0879. The molecule has 0 bridgehead atoms. The summed E-state index contributed by atoms with van der Waals surface area (Å²) in [5, 5.41) is 0. The molecule has 0 radical (unpaired) electrons. The Morgan fingerprint density at radius 3 is 2.90 bits per heavy atom. The Bertz CT molecular complexity index is 142. The fourth-order valence-corrected chi connectivity index (χ4v) is 1.12. The lowest BCUT2D eigenvalue weighted by molar-refractivity contribution is -0.111.